The zero-order valence-corrected chi connectivity index (χ0v) is 18.8. The van der Waals surface area contributed by atoms with Crippen molar-refractivity contribution < 1.29 is 17.9 Å². The Balaban J connectivity index is 1.81. The zero-order valence-electron chi connectivity index (χ0n) is 15.7. The van der Waals surface area contributed by atoms with E-state index in [1.807, 2.05) is 0 Å². The topological polar surface area (TPSA) is 75.7 Å². The fourth-order valence-electron chi connectivity index (χ4n) is 2.53. The third-order valence-electron chi connectivity index (χ3n) is 3.86. The number of ether oxygens (including phenoxy) is 1. The molecule has 10 heteroatoms. The third kappa shape index (κ3) is 7.59. The lowest BCUT2D eigenvalue weighted by atomic mass is 10.2. The van der Waals surface area contributed by atoms with Crippen molar-refractivity contribution in [2.24, 2.45) is 0 Å². The average molecular weight is 480 g/mol. The number of nitrogens with zero attached hydrogens (tertiary/aromatic N) is 1. The summed E-state index contributed by atoms with van der Waals surface area (Å²) in [6.07, 6.45) is 1.54. The summed E-state index contributed by atoms with van der Waals surface area (Å²) in [5, 5.41) is 3.86. The van der Waals surface area contributed by atoms with E-state index >= 15 is 0 Å². The fourth-order valence-corrected chi connectivity index (χ4v) is 4.12. The minimum atomic E-state index is -3.58. The van der Waals surface area contributed by atoms with E-state index < -0.39 is 10.0 Å². The van der Waals surface area contributed by atoms with Crippen LogP contribution in [-0.2, 0) is 14.8 Å². The van der Waals surface area contributed by atoms with Crippen molar-refractivity contribution in [3.05, 3.63) is 57.5 Å². The van der Waals surface area contributed by atoms with Gasteiger partial charge >= 0.3 is 0 Å². The van der Waals surface area contributed by atoms with Gasteiger partial charge in [-0.2, -0.15) is 0 Å². The van der Waals surface area contributed by atoms with Gasteiger partial charge in [-0.25, -0.2) is 8.42 Å². The summed E-state index contributed by atoms with van der Waals surface area (Å²) in [7, 11) is -3.58. The summed E-state index contributed by atoms with van der Waals surface area (Å²) in [6.45, 7) is 0.672. The molecule has 6 nitrogen and oxygen atoms in total. The SMILES string of the molecule is CS(=O)(=O)N(CCCC(=O)NCCOc1ccccc1Cl)c1cc(Cl)ccc1Cl. The van der Waals surface area contributed by atoms with E-state index in [2.05, 4.69) is 5.32 Å². The Morgan fingerprint density at radius 1 is 1.10 bits per heavy atom. The van der Waals surface area contributed by atoms with Crippen LogP contribution in [0.4, 0.5) is 5.69 Å². The van der Waals surface area contributed by atoms with E-state index in [-0.39, 0.29) is 36.2 Å². The minimum Gasteiger partial charge on any atom is -0.490 e. The van der Waals surface area contributed by atoms with Crippen LogP contribution in [0.25, 0.3) is 0 Å². The zero-order chi connectivity index (χ0) is 21.4. The number of amides is 1. The predicted molar refractivity (Wildman–Crippen MR) is 118 cm³/mol. The van der Waals surface area contributed by atoms with Crippen LogP contribution in [0.2, 0.25) is 15.1 Å². The molecule has 0 saturated carbocycles. The van der Waals surface area contributed by atoms with Crippen molar-refractivity contribution in [3.63, 3.8) is 0 Å². The number of nitrogens with one attached hydrogen (secondary N) is 1. The van der Waals surface area contributed by atoms with Gasteiger partial charge in [0.1, 0.15) is 12.4 Å². The van der Waals surface area contributed by atoms with Gasteiger partial charge in [-0.3, -0.25) is 9.10 Å². The maximum atomic E-state index is 12.1. The third-order valence-corrected chi connectivity index (χ3v) is 5.91. The molecule has 2 rings (SSSR count). The number of carbonyl (C=O) groups excluding carboxylic acids is 1. The number of benzene rings is 2. The van der Waals surface area contributed by atoms with Crippen molar-refractivity contribution in [2.75, 3.05) is 30.3 Å². The molecule has 0 aromatic heterocycles. The van der Waals surface area contributed by atoms with Gasteiger partial charge in [0.05, 0.1) is 28.5 Å². The maximum Gasteiger partial charge on any atom is 0.232 e. The molecule has 0 aliphatic carbocycles. The second-order valence-corrected chi connectivity index (χ2v) is 9.32. The molecule has 1 amide bonds. The van der Waals surface area contributed by atoms with E-state index in [1.165, 1.54) is 12.1 Å². The van der Waals surface area contributed by atoms with Crippen LogP contribution in [0.15, 0.2) is 42.5 Å². The normalized spacial score (nSPS) is 11.2. The van der Waals surface area contributed by atoms with E-state index in [0.717, 1.165) is 10.6 Å². The van der Waals surface area contributed by atoms with Crippen LogP contribution < -0.4 is 14.4 Å². The van der Waals surface area contributed by atoms with Gasteiger partial charge < -0.3 is 10.1 Å². The number of hydrogen-bond donors (Lipinski definition) is 1. The smallest absolute Gasteiger partial charge is 0.232 e. The highest BCUT2D eigenvalue weighted by molar-refractivity contribution is 7.92. The van der Waals surface area contributed by atoms with Gasteiger partial charge in [-0.1, -0.05) is 46.9 Å². The standard InChI is InChI=1S/C19H21Cl3N2O4S/c1-29(26,27)24(17-13-14(20)8-9-15(17)21)11-4-7-19(25)23-10-12-28-18-6-3-2-5-16(18)22/h2-3,5-6,8-9,13H,4,7,10-12H2,1H3,(H,23,25). The highest BCUT2D eigenvalue weighted by atomic mass is 35.5. The van der Waals surface area contributed by atoms with Crippen LogP contribution in [-0.4, -0.2) is 40.3 Å². The molecule has 158 valence electrons. The van der Waals surface area contributed by atoms with Crippen molar-refractivity contribution in [2.45, 2.75) is 12.8 Å². The number of rotatable bonds is 10. The first-order valence-electron chi connectivity index (χ1n) is 8.75. The summed E-state index contributed by atoms with van der Waals surface area (Å²) < 4.78 is 30.9. The van der Waals surface area contributed by atoms with Crippen LogP contribution >= 0.6 is 34.8 Å². The van der Waals surface area contributed by atoms with Gasteiger partial charge in [-0.15, -0.1) is 0 Å². The number of halogens is 3. The second kappa shape index (κ2) is 10.9. The Hall–Kier alpha value is -1.67. The van der Waals surface area contributed by atoms with Crippen LogP contribution in [0.1, 0.15) is 12.8 Å². The minimum absolute atomic E-state index is 0.0996. The molecular formula is C19H21Cl3N2O4S. The number of hydrogen-bond acceptors (Lipinski definition) is 4. The van der Waals surface area contributed by atoms with E-state index in [9.17, 15) is 13.2 Å². The number of sulfonamides is 1. The maximum absolute atomic E-state index is 12.1. The first kappa shape index (κ1) is 23.6. The highest BCUT2D eigenvalue weighted by Crippen LogP contribution is 2.30. The monoisotopic (exact) mass is 478 g/mol. The highest BCUT2D eigenvalue weighted by Gasteiger charge is 2.20. The summed E-state index contributed by atoms with van der Waals surface area (Å²) in [4.78, 5) is 12.0. The van der Waals surface area contributed by atoms with E-state index in [1.54, 1.807) is 30.3 Å². The lowest BCUT2D eigenvalue weighted by Crippen LogP contribution is -2.33. The van der Waals surface area contributed by atoms with Crippen LogP contribution in [0.3, 0.4) is 0 Å². The fraction of sp³-hybridized carbons (Fsp3) is 0.316. The number of para-hydroxylation sites is 1. The predicted octanol–water partition coefficient (Wildman–Crippen LogP) is 4.39. The second-order valence-electron chi connectivity index (χ2n) is 6.16. The van der Waals surface area contributed by atoms with Crippen LogP contribution in [0, 0.1) is 0 Å². The number of carbonyl (C=O) groups is 1. The Morgan fingerprint density at radius 3 is 2.52 bits per heavy atom. The largest absolute Gasteiger partial charge is 0.490 e. The molecule has 0 heterocycles. The van der Waals surface area contributed by atoms with Crippen LogP contribution in [0.5, 0.6) is 5.75 Å². The molecule has 2 aromatic rings. The van der Waals surface area contributed by atoms with Gasteiger partial charge in [0.25, 0.3) is 0 Å². The lowest BCUT2D eigenvalue weighted by molar-refractivity contribution is -0.121. The molecule has 2 aromatic carbocycles. The Bertz CT molecular complexity index is 954. The molecular weight excluding hydrogens is 459 g/mol. The van der Waals surface area contributed by atoms with E-state index in [4.69, 9.17) is 39.5 Å². The van der Waals surface area contributed by atoms with Gasteiger partial charge in [0, 0.05) is 18.0 Å². The summed E-state index contributed by atoms with van der Waals surface area (Å²) in [5.74, 6) is 0.337. The summed E-state index contributed by atoms with van der Waals surface area (Å²) in [5.41, 5.74) is 0.287. The Morgan fingerprint density at radius 2 is 1.83 bits per heavy atom. The molecule has 0 atom stereocenters. The average Bonchev–Trinajstić information content (AvgIpc) is 2.65. The molecule has 0 aliphatic rings. The molecule has 0 radical (unpaired) electrons. The van der Waals surface area contributed by atoms with Gasteiger partial charge in [0.15, 0.2) is 0 Å². The number of anilines is 1. The van der Waals surface area contributed by atoms with Crippen molar-refractivity contribution in [1.82, 2.24) is 5.32 Å². The molecule has 1 N–H and O–H groups in total. The van der Waals surface area contributed by atoms with Crippen molar-refractivity contribution in [3.8, 4) is 5.75 Å². The lowest BCUT2D eigenvalue weighted by Gasteiger charge is -2.23. The Labute approximate surface area is 185 Å². The molecule has 29 heavy (non-hydrogen) atoms. The quantitative estimate of drug-likeness (QED) is 0.513. The molecule has 0 aliphatic heterocycles. The molecule has 0 bridgehead atoms. The molecule has 0 saturated heterocycles. The summed E-state index contributed by atoms with van der Waals surface area (Å²) >= 11 is 18.1. The molecule has 0 fully saturated rings. The first-order valence-corrected chi connectivity index (χ1v) is 11.7. The van der Waals surface area contributed by atoms with Crippen molar-refractivity contribution >= 4 is 56.4 Å². The summed E-state index contributed by atoms with van der Waals surface area (Å²) in [6, 6.07) is 11.7. The van der Waals surface area contributed by atoms with Gasteiger partial charge in [0.2, 0.25) is 15.9 Å². The van der Waals surface area contributed by atoms with E-state index in [0.29, 0.717) is 28.8 Å². The van der Waals surface area contributed by atoms with Crippen molar-refractivity contribution in [1.29, 1.82) is 0 Å². The molecule has 0 unspecified atom stereocenters. The molecule has 0 spiro atoms. The Kier molecular flexibility index (Phi) is 8.89. The first-order chi connectivity index (χ1) is 13.7. The van der Waals surface area contributed by atoms with Gasteiger partial charge in [-0.05, 0) is 36.8 Å².